The van der Waals surface area contributed by atoms with E-state index < -0.39 is 56.8 Å². The molecule has 0 fully saturated rings. The number of hydrogen-bond acceptors (Lipinski definition) is 5. The number of carbonyl (C=O) groups is 1. The second-order valence-corrected chi connectivity index (χ2v) is 8.53. The van der Waals surface area contributed by atoms with Crippen molar-refractivity contribution in [3.05, 3.63) is 34.6 Å². The number of nitrogens with zero attached hydrogens (tertiary/aromatic N) is 2. The highest BCUT2D eigenvalue weighted by Crippen LogP contribution is 2.36. The Labute approximate surface area is 168 Å². The zero-order valence-corrected chi connectivity index (χ0v) is 16.6. The number of anilines is 1. The topological polar surface area (TPSA) is 101 Å². The Kier molecular flexibility index (Phi) is 6.78. The zero-order chi connectivity index (χ0) is 22.1. The second-order valence-electron chi connectivity index (χ2n) is 5.88. The number of alkyl halides is 4. The lowest BCUT2D eigenvalue weighted by Crippen LogP contribution is -2.26. The Balaban J connectivity index is 2.40. The van der Waals surface area contributed by atoms with Crippen LogP contribution in [0.5, 0.6) is 5.75 Å². The van der Waals surface area contributed by atoms with Gasteiger partial charge in [-0.15, -0.1) is 0 Å². The molecule has 0 aliphatic heterocycles. The number of aromatic hydroxyl groups is 1. The van der Waals surface area contributed by atoms with E-state index in [0.29, 0.717) is 4.68 Å². The third kappa shape index (κ3) is 4.64. The van der Waals surface area contributed by atoms with Gasteiger partial charge in [0.1, 0.15) is 23.2 Å². The van der Waals surface area contributed by atoms with Crippen molar-refractivity contribution < 1.29 is 35.9 Å². The Bertz CT molecular complexity index is 1030. The molecule has 2 aromatic rings. The van der Waals surface area contributed by atoms with Gasteiger partial charge in [-0.1, -0.05) is 18.5 Å². The van der Waals surface area contributed by atoms with Crippen LogP contribution in [0.15, 0.2) is 23.1 Å². The summed E-state index contributed by atoms with van der Waals surface area (Å²) in [6.07, 6.45) is -6.53. The Morgan fingerprint density at radius 3 is 2.41 bits per heavy atom. The average molecular weight is 458 g/mol. The van der Waals surface area contributed by atoms with Gasteiger partial charge < -0.3 is 10.4 Å². The fourth-order valence-corrected chi connectivity index (χ4v) is 3.60. The monoisotopic (exact) mass is 457 g/mol. The van der Waals surface area contributed by atoms with E-state index in [1.807, 2.05) is 0 Å². The van der Waals surface area contributed by atoms with Crippen LogP contribution in [-0.2, 0) is 14.6 Å². The number of hydrogen-bond donors (Lipinski definition) is 2. The second kappa shape index (κ2) is 8.57. The standard InChI is InChI=1S/C16H16ClF4N3O4S/c1-3-29(27,28)8-4-5-10(25)9(6-8)22-16(26)7(2)24-13(15(20)21)11(17)12(23-24)14(18)19/h4-7,14-15,25H,3H2,1-2H3,(H,22,26). The molecular weight excluding hydrogens is 442 g/mol. The van der Waals surface area contributed by atoms with Crippen molar-refractivity contribution in [2.75, 3.05) is 11.1 Å². The summed E-state index contributed by atoms with van der Waals surface area (Å²) in [5.74, 6) is -1.74. The molecule has 0 saturated heterocycles. The predicted octanol–water partition coefficient (Wildman–Crippen LogP) is 4.11. The van der Waals surface area contributed by atoms with E-state index in [1.54, 1.807) is 0 Å². The zero-order valence-electron chi connectivity index (χ0n) is 15.0. The maximum absolute atomic E-state index is 13.3. The largest absolute Gasteiger partial charge is 0.506 e. The van der Waals surface area contributed by atoms with Crippen molar-refractivity contribution in [3.8, 4) is 5.75 Å². The molecule has 29 heavy (non-hydrogen) atoms. The summed E-state index contributed by atoms with van der Waals surface area (Å²) in [7, 11) is -3.66. The highest BCUT2D eigenvalue weighted by atomic mass is 35.5. The van der Waals surface area contributed by atoms with Crippen molar-refractivity contribution in [3.63, 3.8) is 0 Å². The maximum atomic E-state index is 13.3. The van der Waals surface area contributed by atoms with E-state index in [1.165, 1.54) is 6.92 Å². The normalized spacial score (nSPS) is 13.1. The van der Waals surface area contributed by atoms with Crippen LogP contribution in [0.3, 0.4) is 0 Å². The van der Waals surface area contributed by atoms with Gasteiger partial charge in [-0.05, 0) is 25.1 Å². The molecule has 0 spiro atoms. The molecule has 0 aliphatic rings. The lowest BCUT2D eigenvalue weighted by atomic mass is 10.2. The molecule has 0 radical (unpaired) electrons. The lowest BCUT2D eigenvalue weighted by Gasteiger charge is -2.16. The van der Waals surface area contributed by atoms with E-state index in [2.05, 4.69) is 10.4 Å². The summed E-state index contributed by atoms with van der Waals surface area (Å²) in [4.78, 5) is 12.3. The number of halogens is 5. The molecule has 2 N–H and O–H groups in total. The minimum atomic E-state index is -3.66. The van der Waals surface area contributed by atoms with E-state index in [0.717, 1.165) is 25.1 Å². The number of phenols is 1. The van der Waals surface area contributed by atoms with E-state index in [9.17, 15) is 35.9 Å². The summed E-state index contributed by atoms with van der Waals surface area (Å²) < 4.78 is 76.7. The van der Waals surface area contributed by atoms with Crippen LogP contribution < -0.4 is 5.32 Å². The molecule has 1 aromatic heterocycles. The summed E-state index contributed by atoms with van der Waals surface area (Å²) in [6, 6.07) is 1.63. The number of amides is 1. The van der Waals surface area contributed by atoms with Crippen LogP contribution in [0.1, 0.15) is 44.1 Å². The number of carbonyl (C=O) groups excluding carboxylic acids is 1. The van der Waals surface area contributed by atoms with E-state index in [-0.39, 0.29) is 16.3 Å². The van der Waals surface area contributed by atoms with Gasteiger partial charge in [0.15, 0.2) is 9.84 Å². The van der Waals surface area contributed by atoms with Gasteiger partial charge >= 0.3 is 0 Å². The van der Waals surface area contributed by atoms with E-state index in [4.69, 9.17) is 11.6 Å². The fraction of sp³-hybridized carbons (Fsp3) is 0.375. The minimum absolute atomic E-state index is 0.184. The molecule has 0 saturated carbocycles. The smallest absolute Gasteiger partial charge is 0.283 e. The van der Waals surface area contributed by atoms with Crippen LogP contribution in [0.25, 0.3) is 0 Å². The van der Waals surface area contributed by atoms with Crippen LogP contribution in [0.4, 0.5) is 23.2 Å². The molecule has 0 aliphatic carbocycles. The highest BCUT2D eigenvalue weighted by Gasteiger charge is 2.32. The van der Waals surface area contributed by atoms with Gasteiger partial charge in [0.05, 0.1) is 21.4 Å². The Morgan fingerprint density at radius 1 is 1.28 bits per heavy atom. The summed E-state index contributed by atoms with van der Waals surface area (Å²) >= 11 is 5.56. The number of rotatable bonds is 7. The predicted molar refractivity (Wildman–Crippen MR) is 96.3 cm³/mol. The molecule has 1 atom stereocenters. The lowest BCUT2D eigenvalue weighted by molar-refractivity contribution is -0.119. The first-order chi connectivity index (χ1) is 13.4. The van der Waals surface area contributed by atoms with Gasteiger partial charge in [-0.25, -0.2) is 30.7 Å². The third-order valence-corrected chi connectivity index (χ3v) is 6.16. The molecule has 1 unspecified atom stereocenters. The van der Waals surface area contributed by atoms with Crippen molar-refractivity contribution in [1.29, 1.82) is 0 Å². The number of phenolic OH excluding ortho intramolecular Hbond substituents is 1. The number of benzene rings is 1. The molecule has 1 heterocycles. The van der Waals surface area contributed by atoms with Gasteiger partial charge in [-0.2, -0.15) is 5.10 Å². The number of sulfone groups is 1. The molecule has 160 valence electrons. The first-order valence-electron chi connectivity index (χ1n) is 8.11. The summed E-state index contributed by atoms with van der Waals surface area (Å²) in [5.41, 5.74) is -2.46. The van der Waals surface area contributed by atoms with Crippen molar-refractivity contribution >= 4 is 33.0 Å². The molecule has 1 amide bonds. The number of aromatic nitrogens is 2. The van der Waals surface area contributed by atoms with Crippen LogP contribution in [-0.4, -0.2) is 35.0 Å². The Hall–Kier alpha value is -2.34. The summed E-state index contributed by atoms with van der Waals surface area (Å²) in [5, 5.41) is 14.4. The van der Waals surface area contributed by atoms with Crippen molar-refractivity contribution in [2.24, 2.45) is 0 Å². The molecule has 1 aromatic carbocycles. The average Bonchev–Trinajstić information content (AvgIpc) is 3.00. The molecular formula is C16H16ClF4N3O4S. The van der Waals surface area contributed by atoms with Gasteiger partial charge in [0.25, 0.3) is 12.9 Å². The SMILES string of the molecule is CCS(=O)(=O)c1ccc(O)c(NC(=O)C(C)n2nc(C(F)F)c(Cl)c2C(F)F)c1. The van der Waals surface area contributed by atoms with Gasteiger partial charge in [0.2, 0.25) is 5.91 Å². The third-order valence-electron chi connectivity index (χ3n) is 4.04. The fourth-order valence-electron chi connectivity index (χ4n) is 2.40. The maximum Gasteiger partial charge on any atom is 0.283 e. The van der Waals surface area contributed by atoms with Crippen molar-refractivity contribution in [1.82, 2.24) is 9.78 Å². The first-order valence-corrected chi connectivity index (χ1v) is 10.1. The van der Waals surface area contributed by atoms with Crippen molar-refractivity contribution in [2.45, 2.75) is 37.6 Å². The quantitative estimate of drug-likeness (QED) is 0.481. The molecule has 2 rings (SSSR count). The van der Waals surface area contributed by atoms with Gasteiger partial charge in [-0.3, -0.25) is 4.79 Å². The van der Waals surface area contributed by atoms with E-state index >= 15 is 0 Å². The highest BCUT2D eigenvalue weighted by molar-refractivity contribution is 7.91. The van der Waals surface area contributed by atoms with Crippen LogP contribution in [0.2, 0.25) is 5.02 Å². The van der Waals surface area contributed by atoms with Crippen LogP contribution in [0, 0.1) is 0 Å². The number of nitrogens with one attached hydrogen (secondary N) is 1. The Morgan fingerprint density at radius 2 is 1.90 bits per heavy atom. The van der Waals surface area contributed by atoms with Gasteiger partial charge in [0, 0.05) is 0 Å². The molecule has 7 nitrogen and oxygen atoms in total. The summed E-state index contributed by atoms with van der Waals surface area (Å²) in [6.45, 7) is 2.50. The molecule has 13 heteroatoms. The minimum Gasteiger partial charge on any atom is -0.506 e. The van der Waals surface area contributed by atoms with Crippen LogP contribution >= 0.6 is 11.6 Å². The first kappa shape index (κ1) is 22.9. The molecule has 0 bridgehead atoms.